The van der Waals surface area contributed by atoms with Crippen LogP contribution in [0.4, 0.5) is 0 Å². The maximum absolute atomic E-state index is 13.2. The highest BCUT2D eigenvalue weighted by Gasteiger charge is 2.37. The van der Waals surface area contributed by atoms with Crippen LogP contribution >= 0.6 is 0 Å². The largest absolute Gasteiger partial charge is 0.465 e. The van der Waals surface area contributed by atoms with E-state index in [-0.39, 0.29) is 90.2 Å². The fourth-order valence-corrected chi connectivity index (χ4v) is 9.88. The average molecular weight is 863 g/mol. The summed E-state index contributed by atoms with van der Waals surface area (Å²) >= 11 is 0. The molecule has 0 spiro atoms. The van der Waals surface area contributed by atoms with Gasteiger partial charge in [-0.2, -0.15) is 0 Å². The number of hydrogen-bond donors (Lipinski definition) is 0. The van der Waals surface area contributed by atoms with E-state index >= 15 is 0 Å². The fourth-order valence-electron chi connectivity index (χ4n) is 9.88. The van der Waals surface area contributed by atoms with Gasteiger partial charge in [-0.05, 0) is 164 Å². The van der Waals surface area contributed by atoms with Crippen LogP contribution in [0, 0.1) is 47.3 Å². The summed E-state index contributed by atoms with van der Waals surface area (Å²) in [7, 11) is 0. The normalized spacial score (nSPS) is 26.2. The van der Waals surface area contributed by atoms with Crippen LogP contribution in [0.25, 0.3) is 0 Å². The molecule has 62 heavy (non-hydrogen) atoms. The molecule has 4 aliphatic carbocycles. The number of rotatable bonds is 22. The van der Waals surface area contributed by atoms with Crippen molar-refractivity contribution in [2.24, 2.45) is 47.3 Å². The first-order chi connectivity index (χ1) is 30.1. The van der Waals surface area contributed by atoms with E-state index in [2.05, 4.69) is 13.2 Å². The summed E-state index contributed by atoms with van der Waals surface area (Å²) in [6.07, 6.45) is 18.3. The van der Waals surface area contributed by atoms with E-state index in [0.717, 1.165) is 96.0 Å². The van der Waals surface area contributed by atoms with Crippen LogP contribution in [0.15, 0.2) is 43.5 Å². The lowest BCUT2D eigenvalue weighted by atomic mass is 9.69. The number of carbonyl (C=O) groups is 7. The molecule has 0 heterocycles. The van der Waals surface area contributed by atoms with E-state index in [0.29, 0.717) is 75.3 Å². The summed E-state index contributed by atoms with van der Waals surface area (Å²) < 4.78 is 32.6. The molecule has 0 atom stereocenters. The highest BCUT2D eigenvalue weighted by atomic mass is 16.6. The van der Waals surface area contributed by atoms with Gasteiger partial charge in [-0.3, -0.25) is 28.8 Å². The van der Waals surface area contributed by atoms with Crippen LogP contribution in [-0.4, -0.2) is 75.0 Å². The third-order valence-corrected chi connectivity index (χ3v) is 13.6. The van der Waals surface area contributed by atoms with Crippen molar-refractivity contribution in [3.63, 3.8) is 0 Å². The summed E-state index contributed by atoms with van der Waals surface area (Å²) in [5.74, 6) is 0.112. The van der Waals surface area contributed by atoms with Crippen molar-refractivity contribution in [1.82, 2.24) is 0 Å². The Labute approximate surface area is 366 Å². The molecular formula is C49H66O13. The summed E-state index contributed by atoms with van der Waals surface area (Å²) in [6.45, 7) is 7.96. The number of hydrogen-bond acceptors (Lipinski definition) is 13. The number of aldehydes is 1. The van der Waals surface area contributed by atoms with Crippen LogP contribution in [-0.2, 0) is 47.7 Å². The quantitative estimate of drug-likeness (QED) is 0.0272. The zero-order valence-corrected chi connectivity index (χ0v) is 36.3. The van der Waals surface area contributed by atoms with Gasteiger partial charge in [0.1, 0.15) is 18.1 Å². The number of unbranched alkanes of at least 4 members (excludes halogenated alkanes) is 1. The maximum Gasteiger partial charge on any atom is 0.330 e. The molecule has 13 nitrogen and oxygen atoms in total. The van der Waals surface area contributed by atoms with E-state index in [9.17, 15) is 33.6 Å². The van der Waals surface area contributed by atoms with Gasteiger partial charge < -0.3 is 28.4 Å². The Morgan fingerprint density at radius 2 is 0.952 bits per heavy atom. The smallest absolute Gasteiger partial charge is 0.330 e. The third-order valence-electron chi connectivity index (χ3n) is 13.6. The molecule has 0 aliphatic heterocycles. The zero-order chi connectivity index (χ0) is 44.3. The van der Waals surface area contributed by atoms with E-state index < -0.39 is 5.97 Å². The van der Waals surface area contributed by atoms with Gasteiger partial charge in [0.25, 0.3) is 0 Å². The summed E-state index contributed by atoms with van der Waals surface area (Å²) in [5, 5.41) is 0. The molecule has 5 rings (SSSR count). The molecule has 0 aromatic heterocycles. The summed E-state index contributed by atoms with van der Waals surface area (Å²) in [5.41, 5.74) is 0.149. The minimum atomic E-state index is -0.457. The molecule has 0 unspecified atom stereocenters. The van der Waals surface area contributed by atoms with Crippen molar-refractivity contribution in [2.45, 2.75) is 122 Å². The molecule has 0 bridgehead atoms. The monoisotopic (exact) mass is 862 g/mol. The van der Waals surface area contributed by atoms with Crippen molar-refractivity contribution in [3.05, 3.63) is 49.1 Å². The van der Waals surface area contributed by atoms with E-state index in [1.165, 1.54) is 18.2 Å². The Bertz CT molecular complexity index is 1690. The van der Waals surface area contributed by atoms with Crippen LogP contribution in [0.2, 0.25) is 0 Å². The molecule has 0 radical (unpaired) electrons. The first-order valence-electron chi connectivity index (χ1n) is 23.0. The maximum atomic E-state index is 13.2. The lowest BCUT2D eigenvalue weighted by molar-refractivity contribution is -0.151. The first-order valence-corrected chi connectivity index (χ1v) is 23.0. The molecule has 340 valence electrons. The lowest BCUT2D eigenvalue weighted by Crippen LogP contribution is -2.32. The van der Waals surface area contributed by atoms with E-state index in [4.69, 9.17) is 28.4 Å². The summed E-state index contributed by atoms with van der Waals surface area (Å²) in [4.78, 5) is 86.0. The lowest BCUT2D eigenvalue weighted by Gasteiger charge is -2.36. The van der Waals surface area contributed by atoms with Crippen molar-refractivity contribution < 1.29 is 62.0 Å². The number of ether oxygens (including phenoxy) is 6. The number of esters is 5. The third kappa shape index (κ3) is 15.0. The Hall–Kier alpha value is -4.65. The van der Waals surface area contributed by atoms with Gasteiger partial charge in [0.2, 0.25) is 0 Å². The Balaban J connectivity index is 0.948. The standard InChI is InChI=1S/C49H66O13/c1-3-42(51)32-57-26-7-29-60-47(54)38-18-10-33(11-19-38)35-12-20-39(21-13-35)48(55)61-43-24-25-44(41(30-43)31-50)62-49(56)40-22-14-36(15-23-40)34-8-16-37(17-9-34)46(53)59-28-6-5-27-58-45(52)4-2/h3-4,24-25,30-31,33-40H,1-2,5-23,26-29,32H2. The van der Waals surface area contributed by atoms with Crippen molar-refractivity contribution in [1.29, 1.82) is 0 Å². The Kier molecular flexibility index (Phi) is 19.9. The van der Waals surface area contributed by atoms with E-state index in [1.54, 1.807) is 6.07 Å². The second-order valence-electron chi connectivity index (χ2n) is 17.6. The zero-order valence-electron chi connectivity index (χ0n) is 36.3. The van der Waals surface area contributed by atoms with Gasteiger partial charge in [0.05, 0.1) is 55.7 Å². The molecule has 4 saturated carbocycles. The van der Waals surface area contributed by atoms with Gasteiger partial charge in [0.15, 0.2) is 12.1 Å². The molecule has 1 aromatic rings. The van der Waals surface area contributed by atoms with Crippen molar-refractivity contribution in [3.8, 4) is 11.5 Å². The Morgan fingerprint density at radius 1 is 0.516 bits per heavy atom. The minimum Gasteiger partial charge on any atom is -0.465 e. The second-order valence-corrected chi connectivity index (χ2v) is 17.6. The molecule has 4 aliphatic rings. The number of ketones is 1. The molecular weight excluding hydrogens is 797 g/mol. The van der Waals surface area contributed by atoms with Crippen LogP contribution < -0.4 is 9.47 Å². The fraction of sp³-hybridized carbons (Fsp3) is 0.653. The predicted octanol–water partition coefficient (Wildman–Crippen LogP) is 8.29. The molecule has 0 amide bonds. The summed E-state index contributed by atoms with van der Waals surface area (Å²) in [6, 6.07) is 4.54. The van der Waals surface area contributed by atoms with Gasteiger partial charge >= 0.3 is 29.8 Å². The van der Waals surface area contributed by atoms with Crippen LogP contribution in [0.3, 0.4) is 0 Å². The highest BCUT2D eigenvalue weighted by molar-refractivity contribution is 5.90. The highest BCUT2D eigenvalue weighted by Crippen LogP contribution is 2.43. The molecule has 4 fully saturated rings. The minimum absolute atomic E-state index is 0.0118. The van der Waals surface area contributed by atoms with Crippen molar-refractivity contribution in [2.75, 3.05) is 33.0 Å². The van der Waals surface area contributed by atoms with Gasteiger partial charge in [-0.15, -0.1) is 0 Å². The van der Waals surface area contributed by atoms with Gasteiger partial charge in [0, 0.05) is 12.5 Å². The molecule has 1 aromatic carbocycles. The molecule has 13 heteroatoms. The average Bonchev–Trinajstić information content (AvgIpc) is 3.31. The van der Waals surface area contributed by atoms with Crippen molar-refractivity contribution >= 4 is 41.9 Å². The molecule has 0 saturated heterocycles. The Morgan fingerprint density at radius 3 is 1.40 bits per heavy atom. The predicted molar refractivity (Wildman–Crippen MR) is 228 cm³/mol. The van der Waals surface area contributed by atoms with Crippen LogP contribution in [0.1, 0.15) is 132 Å². The van der Waals surface area contributed by atoms with Gasteiger partial charge in [-0.25, -0.2) is 4.79 Å². The molecule has 0 N–H and O–H groups in total. The van der Waals surface area contributed by atoms with E-state index in [1.807, 2.05) is 0 Å². The first kappa shape index (κ1) is 48.4. The second kappa shape index (κ2) is 25.5. The SMILES string of the molecule is C=CC(=O)COCCCOC(=O)C1CCC(C2CCC(C(=O)Oc3ccc(OC(=O)C4CCC(C5CCC(C(=O)OCCCCOC(=O)C=C)CC5)CC4)c(C=O)c3)CC2)CC1. The number of carbonyl (C=O) groups excluding carboxylic acids is 7. The number of benzene rings is 1. The topological polar surface area (TPSA) is 175 Å². The van der Waals surface area contributed by atoms with Crippen LogP contribution in [0.5, 0.6) is 11.5 Å². The van der Waals surface area contributed by atoms with Gasteiger partial charge in [-0.1, -0.05) is 13.2 Å².